The number of halogens is 1. The first kappa shape index (κ1) is 23.1. The molecule has 186 valence electrons. The van der Waals surface area contributed by atoms with Gasteiger partial charge in [-0.15, -0.1) is 0 Å². The average Bonchev–Trinajstić information content (AvgIpc) is 3.20. The highest BCUT2D eigenvalue weighted by Crippen LogP contribution is 2.47. The molecule has 1 atom stereocenters. The Hall–Kier alpha value is -4.33. The summed E-state index contributed by atoms with van der Waals surface area (Å²) in [5.41, 5.74) is 5.02. The largest absolute Gasteiger partial charge is 0.324 e. The van der Waals surface area contributed by atoms with E-state index in [4.69, 9.17) is 4.98 Å². The van der Waals surface area contributed by atoms with Crippen LogP contribution in [0.2, 0.25) is 0 Å². The summed E-state index contributed by atoms with van der Waals surface area (Å²) in [5.74, 6) is 0.155. The third kappa shape index (κ3) is 3.98. The van der Waals surface area contributed by atoms with Crippen molar-refractivity contribution in [3.8, 4) is 11.3 Å². The first-order valence-corrected chi connectivity index (χ1v) is 12.3. The number of anilines is 3. The lowest BCUT2D eigenvalue weighted by Gasteiger charge is -2.30. The molecule has 3 aliphatic rings. The standard InChI is InChI=1S/C29H26FN5O2/c1-29-13-14-35(24(29)12-9-20(30)16-29)27(37)18-7-10-21(11-8-18)32-28-31-17-19-15-25(36)34(2)23-6-4-3-5-22(23)26(19)33-28/h3-12,17H,13-16H2,1-2H3,(H,31,32,33). The van der Waals surface area contributed by atoms with Crippen LogP contribution < -0.4 is 10.2 Å². The van der Waals surface area contributed by atoms with Crippen molar-refractivity contribution in [3.63, 3.8) is 0 Å². The number of rotatable bonds is 3. The fourth-order valence-electron chi connectivity index (χ4n) is 5.41. The summed E-state index contributed by atoms with van der Waals surface area (Å²) >= 11 is 0. The lowest BCUT2D eigenvalue weighted by molar-refractivity contribution is -0.117. The number of carbonyl (C=O) groups is 2. The van der Waals surface area contributed by atoms with E-state index in [2.05, 4.69) is 10.3 Å². The highest BCUT2D eigenvalue weighted by molar-refractivity contribution is 6.01. The van der Waals surface area contributed by atoms with Crippen LogP contribution in [0, 0.1) is 5.41 Å². The average molecular weight is 496 g/mol. The molecule has 0 saturated carbocycles. The predicted octanol–water partition coefficient (Wildman–Crippen LogP) is 5.40. The molecule has 3 aromatic rings. The molecule has 0 radical (unpaired) electrons. The fraction of sp³-hybridized carbons (Fsp3) is 0.241. The van der Waals surface area contributed by atoms with Crippen LogP contribution in [0.15, 0.2) is 78.4 Å². The minimum Gasteiger partial charge on any atom is -0.324 e. The van der Waals surface area contributed by atoms with Gasteiger partial charge in [0.05, 0.1) is 17.8 Å². The van der Waals surface area contributed by atoms with Crippen LogP contribution in [0.25, 0.3) is 11.3 Å². The number of fused-ring (bicyclic) bond motifs is 4. The van der Waals surface area contributed by atoms with Gasteiger partial charge in [-0.1, -0.05) is 25.1 Å². The van der Waals surface area contributed by atoms with Crippen LogP contribution in [0.3, 0.4) is 0 Å². The van der Waals surface area contributed by atoms with Crippen LogP contribution in [-0.4, -0.2) is 40.3 Å². The maximum atomic E-state index is 13.8. The Morgan fingerprint density at radius 1 is 1.11 bits per heavy atom. The fourth-order valence-corrected chi connectivity index (χ4v) is 5.41. The van der Waals surface area contributed by atoms with Crippen LogP contribution in [0.1, 0.15) is 35.7 Å². The molecule has 1 saturated heterocycles. The van der Waals surface area contributed by atoms with Gasteiger partial charge in [-0.2, -0.15) is 0 Å². The highest BCUT2D eigenvalue weighted by atomic mass is 19.1. The van der Waals surface area contributed by atoms with Gasteiger partial charge in [-0.25, -0.2) is 14.4 Å². The van der Waals surface area contributed by atoms with Crippen molar-refractivity contribution >= 4 is 29.1 Å². The van der Waals surface area contributed by atoms with Gasteiger partial charge >= 0.3 is 0 Å². The molecule has 0 bridgehead atoms. The van der Waals surface area contributed by atoms with Gasteiger partial charge in [0, 0.05) is 59.7 Å². The van der Waals surface area contributed by atoms with Gasteiger partial charge in [-0.05, 0) is 48.9 Å². The molecule has 37 heavy (non-hydrogen) atoms. The maximum Gasteiger partial charge on any atom is 0.258 e. The van der Waals surface area contributed by atoms with Crippen molar-refractivity contribution in [2.24, 2.45) is 5.41 Å². The van der Waals surface area contributed by atoms with Crippen molar-refractivity contribution < 1.29 is 14.0 Å². The third-order valence-electron chi connectivity index (χ3n) is 7.51. The minimum atomic E-state index is -0.337. The summed E-state index contributed by atoms with van der Waals surface area (Å²) in [6, 6.07) is 14.9. The molecule has 1 aromatic heterocycles. The maximum absolute atomic E-state index is 13.8. The Morgan fingerprint density at radius 2 is 1.89 bits per heavy atom. The number of amides is 2. The van der Waals surface area contributed by atoms with E-state index in [1.54, 1.807) is 41.3 Å². The summed E-state index contributed by atoms with van der Waals surface area (Å²) in [5, 5.41) is 3.21. The van der Waals surface area contributed by atoms with E-state index < -0.39 is 0 Å². The zero-order chi connectivity index (χ0) is 25.7. The highest BCUT2D eigenvalue weighted by Gasteiger charge is 2.43. The third-order valence-corrected chi connectivity index (χ3v) is 7.51. The SMILES string of the molecule is CN1C(=O)Cc2cnc(Nc3ccc(C(=O)N4CCC5(C)CC(F)=CC=C45)cc3)nc2-c2ccccc21. The van der Waals surface area contributed by atoms with Crippen LogP contribution >= 0.6 is 0 Å². The summed E-state index contributed by atoms with van der Waals surface area (Å²) in [6.45, 7) is 2.59. The Bertz CT molecular complexity index is 1500. The summed E-state index contributed by atoms with van der Waals surface area (Å²) in [6.07, 6.45) is 6.19. The molecule has 1 N–H and O–H groups in total. The molecule has 0 spiro atoms. The van der Waals surface area contributed by atoms with Crippen molar-refractivity contribution in [3.05, 3.63) is 89.5 Å². The molecule has 1 aliphatic carbocycles. The summed E-state index contributed by atoms with van der Waals surface area (Å²) in [7, 11) is 1.77. The molecular formula is C29H26FN5O2. The molecule has 2 amide bonds. The van der Waals surface area contributed by atoms with E-state index in [9.17, 15) is 14.0 Å². The quantitative estimate of drug-likeness (QED) is 0.527. The van der Waals surface area contributed by atoms with Crippen molar-refractivity contribution in [2.75, 3.05) is 23.8 Å². The summed E-state index contributed by atoms with van der Waals surface area (Å²) < 4.78 is 13.8. The van der Waals surface area contributed by atoms with Gasteiger partial charge in [0.25, 0.3) is 5.91 Å². The molecule has 8 heteroatoms. The molecule has 7 nitrogen and oxygen atoms in total. The Morgan fingerprint density at radius 3 is 2.70 bits per heavy atom. The first-order chi connectivity index (χ1) is 17.8. The Labute approximate surface area is 214 Å². The Kier molecular flexibility index (Phi) is 5.40. The lowest BCUT2D eigenvalue weighted by atomic mass is 9.80. The number of nitrogens with one attached hydrogen (secondary N) is 1. The zero-order valence-corrected chi connectivity index (χ0v) is 20.7. The van der Waals surface area contributed by atoms with Crippen LogP contribution in [0.5, 0.6) is 0 Å². The van der Waals surface area contributed by atoms with E-state index in [0.29, 0.717) is 24.5 Å². The van der Waals surface area contributed by atoms with Crippen molar-refractivity contribution in [1.29, 1.82) is 0 Å². The predicted molar refractivity (Wildman–Crippen MR) is 140 cm³/mol. The monoisotopic (exact) mass is 495 g/mol. The molecule has 1 fully saturated rings. The molecule has 2 aromatic carbocycles. The second kappa shape index (κ2) is 8.65. The topological polar surface area (TPSA) is 78.4 Å². The van der Waals surface area contributed by atoms with Crippen molar-refractivity contribution in [2.45, 2.75) is 26.2 Å². The van der Waals surface area contributed by atoms with Crippen LogP contribution in [-0.2, 0) is 11.2 Å². The number of aromatic nitrogens is 2. The first-order valence-electron chi connectivity index (χ1n) is 12.3. The van der Waals surface area contributed by atoms with E-state index in [1.807, 2.05) is 43.3 Å². The zero-order valence-electron chi connectivity index (χ0n) is 20.7. The molecule has 1 unspecified atom stereocenters. The second-order valence-corrected chi connectivity index (χ2v) is 10.0. The normalized spacial score (nSPS) is 20.4. The number of nitrogens with zero attached hydrogens (tertiary/aromatic N) is 4. The van der Waals surface area contributed by atoms with E-state index in [0.717, 1.165) is 40.3 Å². The number of hydrogen-bond acceptors (Lipinski definition) is 5. The minimum absolute atomic E-state index is 0.0146. The number of allylic oxidation sites excluding steroid dienone is 4. The lowest BCUT2D eigenvalue weighted by Crippen LogP contribution is -2.30. The van der Waals surface area contributed by atoms with Crippen LogP contribution in [0.4, 0.5) is 21.7 Å². The summed E-state index contributed by atoms with van der Waals surface area (Å²) in [4.78, 5) is 38.4. The van der Waals surface area contributed by atoms with E-state index >= 15 is 0 Å². The van der Waals surface area contributed by atoms with Gasteiger partial charge in [0.15, 0.2) is 0 Å². The smallest absolute Gasteiger partial charge is 0.258 e. The number of para-hydroxylation sites is 1. The number of likely N-dealkylation sites (N-methyl/N-ethyl adjacent to an activating group) is 1. The molecular weight excluding hydrogens is 469 g/mol. The number of carbonyl (C=O) groups excluding carboxylic acids is 2. The molecule has 3 heterocycles. The van der Waals surface area contributed by atoms with Gasteiger partial charge in [0.1, 0.15) is 5.83 Å². The van der Waals surface area contributed by atoms with Gasteiger partial charge in [-0.3, -0.25) is 9.59 Å². The van der Waals surface area contributed by atoms with Gasteiger partial charge < -0.3 is 15.1 Å². The number of hydrogen-bond donors (Lipinski definition) is 1. The van der Waals surface area contributed by atoms with Gasteiger partial charge in [0.2, 0.25) is 11.9 Å². The second-order valence-electron chi connectivity index (χ2n) is 10.0. The molecule has 6 rings (SSSR count). The number of benzene rings is 2. The number of likely N-dealkylation sites (tertiary alicyclic amines) is 1. The molecule has 2 aliphatic heterocycles. The van der Waals surface area contributed by atoms with E-state index in [-0.39, 0.29) is 29.5 Å². The Balaban J connectivity index is 1.23. The van der Waals surface area contributed by atoms with E-state index in [1.165, 1.54) is 6.08 Å². The van der Waals surface area contributed by atoms with Crippen molar-refractivity contribution in [1.82, 2.24) is 14.9 Å².